The van der Waals surface area contributed by atoms with E-state index in [-0.39, 0.29) is 23.1 Å². The summed E-state index contributed by atoms with van der Waals surface area (Å²) in [7, 11) is 0. The van der Waals surface area contributed by atoms with Gasteiger partial charge in [-0.25, -0.2) is 0 Å². The minimum Gasteiger partial charge on any atom is -0.460 e. The molecule has 9 heteroatoms. The normalized spacial score (nSPS) is 19.7. The zero-order valence-corrected chi connectivity index (χ0v) is 21.7. The number of rotatable bonds is 6. The standard InChI is InChI=1S/C31H29F3N2O4/c32-31(33,34)25-13-7-4-8-21(25)18-40-30(39)26-23-11-5-6-12-24(23)29(38)36(22-9-2-1-3-10-22)27(26)19-14-16-20(17-15-19)28(35)37/h4-8,11-17,22,26-27H,1-3,9-10,18H2,(H2,35,37). The Balaban J connectivity index is 1.58. The number of hydrogen-bond donors (Lipinski definition) is 1. The number of benzene rings is 3. The molecule has 2 amide bonds. The van der Waals surface area contributed by atoms with Crippen molar-refractivity contribution in [2.24, 2.45) is 5.73 Å². The smallest absolute Gasteiger partial charge is 0.416 e. The molecule has 2 N–H and O–H groups in total. The molecule has 2 unspecified atom stereocenters. The van der Waals surface area contributed by atoms with Crippen LogP contribution in [-0.2, 0) is 22.3 Å². The Morgan fingerprint density at radius 2 is 1.55 bits per heavy atom. The molecule has 40 heavy (non-hydrogen) atoms. The van der Waals surface area contributed by atoms with Crippen molar-refractivity contribution >= 4 is 17.8 Å². The van der Waals surface area contributed by atoms with E-state index in [0.717, 1.165) is 38.2 Å². The highest BCUT2D eigenvalue weighted by atomic mass is 19.4. The molecule has 0 saturated heterocycles. The van der Waals surface area contributed by atoms with Crippen LogP contribution in [0.2, 0.25) is 0 Å². The van der Waals surface area contributed by atoms with Gasteiger partial charge in [0.15, 0.2) is 0 Å². The predicted molar refractivity (Wildman–Crippen MR) is 141 cm³/mol. The van der Waals surface area contributed by atoms with Gasteiger partial charge in [0, 0.05) is 22.7 Å². The zero-order valence-electron chi connectivity index (χ0n) is 21.7. The van der Waals surface area contributed by atoms with E-state index < -0.39 is 42.2 Å². The van der Waals surface area contributed by atoms with E-state index in [0.29, 0.717) is 16.7 Å². The fraction of sp³-hybridized carbons (Fsp3) is 0.323. The number of carbonyl (C=O) groups excluding carboxylic acids is 3. The average molecular weight is 551 g/mol. The number of alkyl halides is 3. The summed E-state index contributed by atoms with van der Waals surface area (Å²) in [5.74, 6) is -2.55. The van der Waals surface area contributed by atoms with Crippen molar-refractivity contribution in [1.82, 2.24) is 4.90 Å². The van der Waals surface area contributed by atoms with Gasteiger partial charge in [0.2, 0.25) is 5.91 Å². The van der Waals surface area contributed by atoms with Crippen LogP contribution in [0.3, 0.4) is 0 Å². The van der Waals surface area contributed by atoms with Crippen LogP contribution in [0.15, 0.2) is 72.8 Å². The Labute approximate surface area is 229 Å². The van der Waals surface area contributed by atoms with Gasteiger partial charge in [0.25, 0.3) is 5.91 Å². The maximum Gasteiger partial charge on any atom is 0.416 e. The summed E-state index contributed by atoms with van der Waals surface area (Å²) >= 11 is 0. The molecular formula is C31H29F3N2O4. The van der Waals surface area contributed by atoms with Crippen LogP contribution in [0, 0.1) is 0 Å². The molecule has 2 aliphatic rings. The fourth-order valence-electron chi connectivity index (χ4n) is 5.93. The number of ether oxygens (including phenoxy) is 1. The maximum atomic E-state index is 14.0. The van der Waals surface area contributed by atoms with Crippen molar-refractivity contribution in [1.29, 1.82) is 0 Å². The van der Waals surface area contributed by atoms with Crippen LogP contribution in [0.25, 0.3) is 0 Å². The van der Waals surface area contributed by atoms with Crippen molar-refractivity contribution < 1.29 is 32.3 Å². The summed E-state index contributed by atoms with van der Waals surface area (Å²) < 4.78 is 46.3. The Bertz CT molecular complexity index is 1410. The second-order valence-corrected chi connectivity index (χ2v) is 10.3. The molecule has 1 heterocycles. The number of esters is 1. The largest absolute Gasteiger partial charge is 0.460 e. The lowest BCUT2D eigenvalue weighted by atomic mass is 9.77. The predicted octanol–water partition coefficient (Wildman–Crippen LogP) is 6.16. The molecule has 0 bridgehead atoms. The van der Waals surface area contributed by atoms with Crippen molar-refractivity contribution in [2.45, 2.75) is 62.9 Å². The number of nitrogens with zero attached hydrogens (tertiary/aromatic N) is 1. The quantitative estimate of drug-likeness (QED) is 0.372. The summed E-state index contributed by atoms with van der Waals surface area (Å²) in [6, 6.07) is 17.3. The molecule has 1 aliphatic heterocycles. The van der Waals surface area contributed by atoms with Gasteiger partial charge in [-0.15, -0.1) is 0 Å². The van der Waals surface area contributed by atoms with Gasteiger partial charge < -0.3 is 15.4 Å². The van der Waals surface area contributed by atoms with Crippen molar-refractivity contribution in [3.63, 3.8) is 0 Å². The van der Waals surface area contributed by atoms with E-state index in [1.807, 2.05) is 0 Å². The zero-order chi connectivity index (χ0) is 28.4. The number of hydrogen-bond acceptors (Lipinski definition) is 4. The van der Waals surface area contributed by atoms with Crippen molar-refractivity contribution in [3.8, 4) is 0 Å². The van der Waals surface area contributed by atoms with Gasteiger partial charge in [-0.05, 0) is 48.2 Å². The molecule has 3 aromatic carbocycles. The summed E-state index contributed by atoms with van der Waals surface area (Å²) in [5, 5.41) is 0. The highest BCUT2D eigenvalue weighted by molar-refractivity contribution is 6.01. The minimum absolute atomic E-state index is 0.128. The number of nitrogens with two attached hydrogens (primary N) is 1. The summed E-state index contributed by atoms with van der Waals surface area (Å²) in [4.78, 5) is 41.3. The molecule has 2 atom stereocenters. The highest BCUT2D eigenvalue weighted by Gasteiger charge is 2.47. The van der Waals surface area contributed by atoms with Crippen molar-refractivity contribution in [2.75, 3.05) is 0 Å². The first-order valence-electron chi connectivity index (χ1n) is 13.3. The van der Waals surface area contributed by atoms with Gasteiger partial charge in [-0.1, -0.05) is 67.8 Å². The second-order valence-electron chi connectivity index (χ2n) is 10.3. The first kappa shape index (κ1) is 27.4. The van der Waals surface area contributed by atoms with Crippen LogP contribution in [0.1, 0.15) is 87.0 Å². The molecule has 0 spiro atoms. The fourth-order valence-corrected chi connectivity index (χ4v) is 5.93. The lowest BCUT2D eigenvalue weighted by Crippen LogP contribution is -2.50. The third kappa shape index (κ3) is 5.33. The van der Waals surface area contributed by atoms with Gasteiger partial charge >= 0.3 is 12.1 Å². The van der Waals surface area contributed by atoms with E-state index in [2.05, 4.69) is 0 Å². The van der Waals surface area contributed by atoms with Crippen LogP contribution in [0.4, 0.5) is 13.2 Å². The molecule has 5 rings (SSSR count). The average Bonchev–Trinajstić information content (AvgIpc) is 2.96. The number of amides is 2. The molecule has 1 saturated carbocycles. The third-order valence-electron chi connectivity index (χ3n) is 7.83. The molecule has 208 valence electrons. The third-order valence-corrected chi connectivity index (χ3v) is 7.83. The van der Waals surface area contributed by atoms with E-state index in [4.69, 9.17) is 10.5 Å². The number of fused-ring (bicyclic) bond motifs is 1. The summed E-state index contributed by atoms with van der Waals surface area (Å²) in [6.07, 6.45) is -0.138. The number of carbonyl (C=O) groups is 3. The van der Waals surface area contributed by atoms with Gasteiger partial charge in [-0.2, -0.15) is 13.2 Å². The summed E-state index contributed by atoms with van der Waals surface area (Å²) in [5.41, 5.74) is 6.11. The SMILES string of the molecule is NC(=O)c1ccc(C2C(C(=O)OCc3ccccc3C(F)(F)F)c3ccccc3C(=O)N2C2CCCCC2)cc1. The van der Waals surface area contributed by atoms with E-state index >= 15 is 0 Å². The number of halogens is 3. The van der Waals surface area contributed by atoms with Gasteiger partial charge in [-0.3, -0.25) is 14.4 Å². The van der Waals surface area contributed by atoms with E-state index in [1.165, 1.54) is 18.2 Å². The molecule has 3 aromatic rings. The monoisotopic (exact) mass is 550 g/mol. The molecule has 1 fully saturated rings. The van der Waals surface area contributed by atoms with Crippen LogP contribution < -0.4 is 5.73 Å². The Kier molecular flexibility index (Phi) is 7.65. The van der Waals surface area contributed by atoms with Gasteiger partial charge in [0.05, 0.1) is 11.6 Å². The van der Waals surface area contributed by atoms with Crippen LogP contribution in [-0.4, -0.2) is 28.7 Å². The number of primary amides is 1. The Hall–Kier alpha value is -4.14. The van der Waals surface area contributed by atoms with Crippen LogP contribution in [0.5, 0.6) is 0 Å². The molecule has 0 aromatic heterocycles. The molecule has 1 aliphatic carbocycles. The maximum absolute atomic E-state index is 14.0. The van der Waals surface area contributed by atoms with E-state index in [1.54, 1.807) is 53.4 Å². The summed E-state index contributed by atoms with van der Waals surface area (Å²) in [6.45, 7) is -0.572. The second kappa shape index (κ2) is 11.2. The van der Waals surface area contributed by atoms with Gasteiger partial charge in [0.1, 0.15) is 12.5 Å². The highest BCUT2D eigenvalue weighted by Crippen LogP contribution is 2.46. The Morgan fingerprint density at radius 3 is 2.23 bits per heavy atom. The topological polar surface area (TPSA) is 89.7 Å². The lowest BCUT2D eigenvalue weighted by molar-refractivity contribution is -0.151. The lowest BCUT2D eigenvalue weighted by Gasteiger charge is -2.46. The minimum atomic E-state index is -4.60. The Morgan fingerprint density at radius 1 is 0.900 bits per heavy atom. The first-order valence-corrected chi connectivity index (χ1v) is 13.3. The first-order chi connectivity index (χ1) is 19.2. The molecule has 0 radical (unpaired) electrons. The molecular weight excluding hydrogens is 521 g/mol. The van der Waals surface area contributed by atoms with Crippen molar-refractivity contribution in [3.05, 3.63) is 106 Å². The van der Waals surface area contributed by atoms with Crippen LogP contribution >= 0.6 is 0 Å². The van der Waals surface area contributed by atoms with E-state index in [9.17, 15) is 27.6 Å². The molecule has 6 nitrogen and oxygen atoms in total.